The Kier molecular flexibility index (Phi) is 6.18. The lowest BCUT2D eigenvalue weighted by molar-refractivity contribution is -0.131. The van der Waals surface area contributed by atoms with Crippen LogP contribution in [0.15, 0.2) is 24.3 Å². The van der Waals surface area contributed by atoms with Gasteiger partial charge in [0.15, 0.2) is 0 Å². The molecule has 5 heteroatoms. The van der Waals surface area contributed by atoms with Gasteiger partial charge in [-0.2, -0.15) is 0 Å². The van der Waals surface area contributed by atoms with Gasteiger partial charge >= 0.3 is 0 Å². The number of ether oxygens (including phenoxy) is 1. The number of benzene rings is 1. The number of methoxy groups -OCH3 is 1. The van der Waals surface area contributed by atoms with Gasteiger partial charge in [0, 0.05) is 18.7 Å². The SMILES string of the molecule is CNCC(=O)N(CCO)Cc1ccccc1OC. The Labute approximate surface area is 107 Å². The van der Waals surface area contributed by atoms with Crippen molar-refractivity contribution in [2.45, 2.75) is 6.54 Å². The Morgan fingerprint density at radius 2 is 2.17 bits per heavy atom. The maximum absolute atomic E-state index is 11.8. The second-order valence-electron chi connectivity index (χ2n) is 3.88. The van der Waals surface area contributed by atoms with Crippen molar-refractivity contribution >= 4 is 5.91 Å². The average molecular weight is 252 g/mol. The summed E-state index contributed by atoms with van der Waals surface area (Å²) in [6.45, 7) is 0.962. The molecule has 1 aromatic rings. The summed E-state index contributed by atoms with van der Waals surface area (Å²) in [6.07, 6.45) is 0. The van der Waals surface area contributed by atoms with E-state index in [0.29, 0.717) is 13.1 Å². The molecule has 0 aliphatic rings. The van der Waals surface area contributed by atoms with Crippen molar-refractivity contribution in [1.29, 1.82) is 0 Å². The van der Waals surface area contributed by atoms with E-state index in [1.807, 2.05) is 24.3 Å². The van der Waals surface area contributed by atoms with Crippen molar-refractivity contribution in [3.63, 3.8) is 0 Å². The van der Waals surface area contributed by atoms with Crippen LogP contribution in [0.2, 0.25) is 0 Å². The quantitative estimate of drug-likeness (QED) is 0.729. The second kappa shape index (κ2) is 7.68. The van der Waals surface area contributed by atoms with Crippen LogP contribution in [0.4, 0.5) is 0 Å². The number of likely N-dealkylation sites (N-methyl/N-ethyl adjacent to an activating group) is 1. The molecule has 1 aromatic carbocycles. The van der Waals surface area contributed by atoms with Crippen LogP contribution in [0.25, 0.3) is 0 Å². The van der Waals surface area contributed by atoms with E-state index in [4.69, 9.17) is 9.84 Å². The fourth-order valence-corrected chi connectivity index (χ4v) is 1.71. The summed E-state index contributed by atoms with van der Waals surface area (Å²) in [5, 5.41) is 11.8. The third-order valence-corrected chi connectivity index (χ3v) is 2.60. The largest absolute Gasteiger partial charge is 0.496 e. The highest BCUT2D eigenvalue weighted by Gasteiger charge is 2.14. The van der Waals surface area contributed by atoms with Gasteiger partial charge in [0.1, 0.15) is 5.75 Å². The molecule has 0 unspecified atom stereocenters. The molecule has 0 aromatic heterocycles. The van der Waals surface area contributed by atoms with Crippen molar-refractivity contribution in [2.24, 2.45) is 0 Å². The van der Waals surface area contributed by atoms with Crippen LogP contribution in [0.3, 0.4) is 0 Å². The molecule has 5 nitrogen and oxygen atoms in total. The molecule has 0 bridgehead atoms. The first-order valence-electron chi connectivity index (χ1n) is 5.88. The Bertz CT molecular complexity index is 382. The Balaban J connectivity index is 2.79. The standard InChI is InChI=1S/C13H20N2O3/c1-14-9-13(17)15(7-8-16)10-11-5-3-4-6-12(11)18-2/h3-6,14,16H,7-10H2,1-2H3. The number of nitrogens with one attached hydrogen (secondary N) is 1. The summed E-state index contributed by atoms with van der Waals surface area (Å²) in [4.78, 5) is 13.5. The van der Waals surface area contributed by atoms with E-state index in [2.05, 4.69) is 5.32 Å². The maximum Gasteiger partial charge on any atom is 0.236 e. The highest BCUT2D eigenvalue weighted by molar-refractivity contribution is 5.78. The second-order valence-corrected chi connectivity index (χ2v) is 3.88. The van der Waals surface area contributed by atoms with Gasteiger partial charge in [-0.25, -0.2) is 0 Å². The molecule has 18 heavy (non-hydrogen) atoms. The smallest absolute Gasteiger partial charge is 0.236 e. The Morgan fingerprint density at radius 3 is 2.78 bits per heavy atom. The zero-order chi connectivity index (χ0) is 13.4. The van der Waals surface area contributed by atoms with Gasteiger partial charge in [0.25, 0.3) is 0 Å². The molecule has 0 atom stereocenters. The predicted octanol–water partition coefficient (Wildman–Crippen LogP) is 0.236. The van der Waals surface area contributed by atoms with E-state index in [0.717, 1.165) is 11.3 Å². The fraction of sp³-hybridized carbons (Fsp3) is 0.462. The van der Waals surface area contributed by atoms with Gasteiger partial charge < -0.3 is 20.1 Å². The molecule has 0 saturated heterocycles. The summed E-state index contributed by atoms with van der Waals surface area (Å²) >= 11 is 0. The third kappa shape index (κ3) is 4.01. The number of para-hydroxylation sites is 1. The highest BCUT2D eigenvalue weighted by atomic mass is 16.5. The Morgan fingerprint density at radius 1 is 1.44 bits per heavy atom. The topological polar surface area (TPSA) is 61.8 Å². The van der Waals surface area contributed by atoms with Crippen LogP contribution in [0.1, 0.15) is 5.56 Å². The molecule has 0 aliphatic heterocycles. The van der Waals surface area contributed by atoms with Gasteiger partial charge in [-0.05, 0) is 13.1 Å². The summed E-state index contributed by atoms with van der Waals surface area (Å²) in [6, 6.07) is 7.55. The zero-order valence-corrected chi connectivity index (χ0v) is 10.8. The summed E-state index contributed by atoms with van der Waals surface area (Å²) < 4.78 is 5.25. The molecule has 0 radical (unpaired) electrons. The van der Waals surface area contributed by atoms with E-state index in [1.54, 1.807) is 19.1 Å². The maximum atomic E-state index is 11.8. The summed E-state index contributed by atoms with van der Waals surface area (Å²) in [5.41, 5.74) is 0.929. The number of aliphatic hydroxyl groups excluding tert-OH is 1. The third-order valence-electron chi connectivity index (χ3n) is 2.60. The minimum atomic E-state index is -0.0510. The molecule has 0 heterocycles. The molecular weight excluding hydrogens is 232 g/mol. The molecule has 0 saturated carbocycles. The van der Waals surface area contributed by atoms with Crippen molar-refractivity contribution in [3.05, 3.63) is 29.8 Å². The number of hydrogen-bond donors (Lipinski definition) is 2. The van der Waals surface area contributed by atoms with Crippen molar-refractivity contribution in [3.8, 4) is 5.75 Å². The molecule has 0 spiro atoms. The predicted molar refractivity (Wildman–Crippen MR) is 69.4 cm³/mol. The number of nitrogens with zero attached hydrogens (tertiary/aromatic N) is 1. The molecule has 100 valence electrons. The van der Waals surface area contributed by atoms with Crippen LogP contribution in [0.5, 0.6) is 5.75 Å². The van der Waals surface area contributed by atoms with Gasteiger partial charge in [-0.1, -0.05) is 18.2 Å². The molecular formula is C13H20N2O3. The lowest BCUT2D eigenvalue weighted by Gasteiger charge is -2.22. The van der Waals surface area contributed by atoms with Gasteiger partial charge in [0.05, 0.1) is 20.3 Å². The summed E-state index contributed by atoms with van der Waals surface area (Å²) in [5.74, 6) is 0.704. The number of aliphatic hydroxyl groups is 1. The summed E-state index contributed by atoms with van der Waals surface area (Å²) in [7, 11) is 3.32. The van der Waals surface area contributed by atoms with Gasteiger partial charge in [-0.15, -0.1) is 0 Å². The molecule has 2 N–H and O–H groups in total. The van der Waals surface area contributed by atoms with Gasteiger partial charge in [0.2, 0.25) is 5.91 Å². The zero-order valence-electron chi connectivity index (χ0n) is 10.8. The molecule has 0 aliphatic carbocycles. The average Bonchev–Trinajstić information content (AvgIpc) is 2.39. The first-order valence-corrected chi connectivity index (χ1v) is 5.88. The van der Waals surface area contributed by atoms with E-state index in [1.165, 1.54) is 0 Å². The molecule has 1 amide bonds. The van der Waals surface area contributed by atoms with Crippen LogP contribution in [-0.2, 0) is 11.3 Å². The first-order chi connectivity index (χ1) is 8.72. The van der Waals surface area contributed by atoms with Crippen molar-refractivity contribution < 1.29 is 14.6 Å². The number of carbonyl (C=O) groups is 1. The number of amides is 1. The van der Waals surface area contributed by atoms with E-state index < -0.39 is 0 Å². The highest BCUT2D eigenvalue weighted by Crippen LogP contribution is 2.19. The van der Waals surface area contributed by atoms with Crippen LogP contribution < -0.4 is 10.1 Å². The fourth-order valence-electron chi connectivity index (χ4n) is 1.71. The molecule has 0 fully saturated rings. The minimum absolute atomic E-state index is 0.0440. The van der Waals surface area contributed by atoms with E-state index in [9.17, 15) is 4.79 Å². The number of rotatable bonds is 7. The first kappa shape index (κ1) is 14.5. The van der Waals surface area contributed by atoms with E-state index in [-0.39, 0.29) is 19.1 Å². The number of hydrogen-bond acceptors (Lipinski definition) is 4. The lowest BCUT2D eigenvalue weighted by Crippen LogP contribution is -2.38. The lowest BCUT2D eigenvalue weighted by atomic mass is 10.2. The van der Waals surface area contributed by atoms with Crippen LogP contribution >= 0.6 is 0 Å². The van der Waals surface area contributed by atoms with Crippen LogP contribution in [0, 0.1) is 0 Å². The van der Waals surface area contributed by atoms with Crippen molar-refractivity contribution in [1.82, 2.24) is 10.2 Å². The van der Waals surface area contributed by atoms with Gasteiger partial charge in [-0.3, -0.25) is 4.79 Å². The van der Waals surface area contributed by atoms with E-state index >= 15 is 0 Å². The van der Waals surface area contributed by atoms with Crippen LogP contribution in [-0.4, -0.2) is 49.8 Å². The normalized spacial score (nSPS) is 10.2. The monoisotopic (exact) mass is 252 g/mol. The number of carbonyl (C=O) groups excluding carboxylic acids is 1. The molecule has 1 rings (SSSR count). The Hall–Kier alpha value is -1.59. The van der Waals surface area contributed by atoms with Crippen molar-refractivity contribution in [2.75, 3.05) is 33.9 Å². The minimum Gasteiger partial charge on any atom is -0.496 e.